The van der Waals surface area contributed by atoms with E-state index in [4.69, 9.17) is 18.9 Å². The fraction of sp³-hybridized carbons (Fsp3) is 0.481. The molecule has 0 aromatic heterocycles. The van der Waals surface area contributed by atoms with Gasteiger partial charge in [0, 0.05) is 33.9 Å². The number of esters is 2. The van der Waals surface area contributed by atoms with Crippen LogP contribution in [-0.2, 0) is 47.7 Å². The van der Waals surface area contributed by atoms with E-state index in [9.17, 15) is 28.8 Å². The molecule has 0 N–H and O–H groups in total. The van der Waals surface area contributed by atoms with E-state index in [1.807, 2.05) is 0 Å². The predicted octanol–water partition coefficient (Wildman–Crippen LogP) is 1.26. The van der Waals surface area contributed by atoms with Crippen molar-refractivity contribution in [3.63, 3.8) is 0 Å². The summed E-state index contributed by atoms with van der Waals surface area (Å²) in [6.07, 6.45) is 1.07. The van der Waals surface area contributed by atoms with E-state index in [-0.39, 0.29) is 76.4 Å². The Morgan fingerprint density at radius 3 is 1.36 bits per heavy atom. The molecule has 0 saturated carbocycles. The van der Waals surface area contributed by atoms with Crippen molar-refractivity contribution in [3.8, 4) is 0 Å². The molecule has 0 aromatic rings. The third-order valence-electron chi connectivity index (χ3n) is 5.76. The highest BCUT2D eigenvalue weighted by Crippen LogP contribution is 2.19. The van der Waals surface area contributed by atoms with Crippen LogP contribution in [0.3, 0.4) is 0 Å². The number of hydrogen-bond donors (Lipinski definition) is 0. The van der Waals surface area contributed by atoms with Crippen LogP contribution in [0.15, 0.2) is 47.1 Å². The molecule has 2 rings (SSSR count). The molecule has 0 atom stereocenters. The fourth-order valence-corrected chi connectivity index (χ4v) is 3.13. The lowest BCUT2D eigenvalue weighted by atomic mass is 10.2. The van der Waals surface area contributed by atoms with Crippen LogP contribution < -0.4 is 0 Å². The largest absolute Gasteiger partial charge is 0.460 e. The number of rotatable bonds is 14. The summed E-state index contributed by atoms with van der Waals surface area (Å²) in [4.78, 5) is 70.9. The van der Waals surface area contributed by atoms with E-state index in [0.29, 0.717) is 27.9 Å². The van der Waals surface area contributed by atoms with Crippen LogP contribution >= 0.6 is 0 Å². The second-order valence-corrected chi connectivity index (χ2v) is 8.54. The van der Waals surface area contributed by atoms with Gasteiger partial charge in [-0.25, -0.2) is 9.59 Å². The lowest BCUT2D eigenvalue weighted by molar-refractivity contribution is -0.142. The Morgan fingerprint density at radius 2 is 1.03 bits per heavy atom. The maximum Gasteiger partial charge on any atom is 0.333 e. The van der Waals surface area contributed by atoms with Crippen LogP contribution in [0.5, 0.6) is 0 Å². The zero-order valence-electron chi connectivity index (χ0n) is 23.1. The average molecular weight is 549 g/mol. The summed E-state index contributed by atoms with van der Waals surface area (Å²) in [5.41, 5.74) is 2.24. The summed E-state index contributed by atoms with van der Waals surface area (Å²) in [6, 6.07) is 0. The highest BCUT2D eigenvalue weighted by Gasteiger charge is 2.33. The van der Waals surface area contributed by atoms with E-state index < -0.39 is 11.9 Å². The van der Waals surface area contributed by atoms with E-state index in [2.05, 4.69) is 13.2 Å². The summed E-state index contributed by atoms with van der Waals surface area (Å²) in [6.45, 7) is 16.3. The van der Waals surface area contributed by atoms with Crippen molar-refractivity contribution < 1.29 is 47.7 Å². The monoisotopic (exact) mass is 548 g/mol. The van der Waals surface area contributed by atoms with E-state index >= 15 is 0 Å². The molecule has 214 valence electrons. The minimum atomic E-state index is -0.510. The summed E-state index contributed by atoms with van der Waals surface area (Å²) >= 11 is 0. The number of hydrogen-bond acceptors (Lipinski definition) is 10. The first-order valence-corrected chi connectivity index (χ1v) is 12.2. The van der Waals surface area contributed by atoms with Crippen molar-refractivity contribution in [1.29, 1.82) is 0 Å². The summed E-state index contributed by atoms with van der Waals surface area (Å²) in [5.74, 6) is -2.07. The van der Waals surface area contributed by atoms with Gasteiger partial charge in [0.15, 0.2) is 0 Å². The molecule has 2 aliphatic rings. The number of amides is 4. The molecule has 0 aromatic carbocycles. The van der Waals surface area contributed by atoms with Crippen molar-refractivity contribution in [1.82, 2.24) is 9.80 Å². The van der Waals surface area contributed by atoms with Crippen LogP contribution in [0, 0.1) is 0 Å². The minimum absolute atomic E-state index is 0.114. The van der Waals surface area contributed by atoms with Gasteiger partial charge in [-0.05, 0) is 34.6 Å². The number of nitrogens with zero attached hydrogens (tertiary/aromatic N) is 2. The van der Waals surface area contributed by atoms with Crippen LogP contribution in [0.1, 0.15) is 34.6 Å². The molecule has 0 fully saturated rings. The predicted molar refractivity (Wildman–Crippen MR) is 139 cm³/mol. The van der Waals surface area contributed by atoms with Crippen LogP contribution in [-0.4, -0.2) is 98.1 Å². The van der Waals surface area contributed by atoms with Crippen LogP contribution in [0.25, 0.3) is 0 Å². The molecule has 0 radical (unpaired) electrons. The smallest absolute Gasteiger partial charge is 0.333 e. The molecule has 0 saturated heterocycles. The van der Waals surface area contributed by atoms with Crippen LogP contribution in [0.2, 0.25) is 0 Å². The Hall–Kier alpha value is -3.90. The quantitative estimate of drug-likeness (QED) is 0.135. The highest BCUT2D eigenvalue weighted by atomic mass is 16.6. The molecule has 39 heavy (non-hydrogen) atoms. The Balaban J connectivity index is 0.000000391. The number of carbonyl (C=O) groups excluding carboxylic acids is 6. The molecule has 12 nitrogen and oxygen atoms in total. The topological polar surface area (TPSA) is 146 Å². The maximum atomic E-state index is 11.7. The third-order valence-corrected chi connectivity index (χ3v) is 5.76. The molecule has 2 aliphatic heterocycles. The first kappa shape index (κ1) is 33.1. The first-order chi connectivity index (χ1) is 18.3. The second-order valence-electron chi connectivity index (χ2n) is 8.54. The van der Waals surface area contributed by atoms with Gasteiger partial charge < -0.3 is 18.9 Å². The van der Waals surface area contributed by atoms with Crippen molar-refractivity contribution in [2.45, 2.75) is 34.6 Å². The van der Waals surface area contributed by atoms with E-state index in [1.54, 1.807) is 34.6 Å². The number of imide groups is 2. The summed E-state index contributed by atoms with van der Waals surface area (Å²) in [5, 5.41) is 0. The summed E-state index contributed by atoms with van der Waals surface area (Å²) in [7, 11) is 0. The Labute approximate surface area is 227 Å². The van der Waals surface area contributed by atoms with Crippen LogP contribution in [0.4, 0.5) is 0 Å². The van der Waals surface area contributed by atoms with Gasteiger partial charge in [-0.3, -0.25) is 29.0 Å². The zero-order chi connectivity index (χ0) is 29.7. The molecule has 12 heteroatoms. The number of ether oxygens (including phenoxy) is 4. The van der Waals surface area contributed by atoms with Crippen molar-refractivity contribution >= 4 is 35.6 Å². The SMILES string of the molecule is C=C(C)C(=O)OCCOCCN1C(=O)C(C)=C(C)C1=O.C=CC(=O)OCCOCCN1C(=O)C(C)=C(C)C1=O. The van der Waals surface area contributed by atoms with E-state index in [1.165, 1.54) is 0 Å². The Morgan fingerprint density at radius 1 is 0.667 bits per heavy atom. The van der Waals surface area contributed by atoms with Gasteiger partial charge in [-0.15, -0.1) is 0 Å². The zero-order valence-corrected chi connectivity index (χ0v) is 23.1. The minimum Gasteiger partial charge on any atom is -0.460 e. The van der Waals surface area contributed by atoms with Crippen molar-refractivity contribution in [2.24, 2.45) is 0 Å². The lowest BCUT2D eigenvalue weighted by Gasteiger charge is -2.14. The molecule has 0 aliphatic carbocycles. The average Bonchev–Trinajstić information content (AvgIpc) is 3.21. The molecule has 0 bridgehead atoms. The fourth-order valence-electron chi connectivity index (χ4n) is 3.13. The molecule has 0 spiro atoms. The number of carbonyl (C=O) groups is 6. The molecular formula is C27H36N2O10. The second kappa shape index (κ2) is 16.1. The third kappa shape index (κ3) is 9.73. The van der Waals surface area contributed by atoms with Gasteiger partial charge in [0.25, 0.3) is 23.6 Å². The molecular weight excluding hydrogens is 512 g/mol. The van der Waals surface area contributed by atoms with E-state index in [0.717, 1.165) is 15.9 Å². The van der Waals surface area contributed by atoms with Gasteiger partial charge in [-0.1, -0.05) is 13.2 Å². The molecule has 4 amide bonds. The molecule has 0 unspecified atom stereocenters. The van der Waals surface area contributed by atoms with Gasteiger partial charge in [0.1, 0.15) is 13.2 Å². The van der Waals surface area contributed by atoms with Crippen molar-refractivity contribution in [2.75, 3.05) is 52.7 Å². The lowest BCUT2D eigenvalue weighted by Crippen LogP contribution is -2.34. The maximum absolute atomic E-state index is 11.7. The highest BCUT2D eigenvalue weighted by molar-refractivity contribution is 6.19. The van der Waals surface area contributed by atoms with Gasteiger partial charge in [-0.2, -0.15) is 0 Å². The van der Waals surface area contributed by atoms with Gasteiger partial charge in [0.2, 0.25) is 0 Å². The normalized spacial score (nSPS) is 15.1. The Bertz CT molecular complexity index is 1040. The first-order valence-electron chi connectivity index (χ1n) is 12.2. The van der Waals surface area contributed by atoms with Gasteiger partial charge >= 0.3 is 11.9 Å². The standard InChI is InChI=1S/C14H19NO5.C13H17NO5/c1-9(2)14(18)20-8-7-19-6-5-15-12(16)10(3)11(4)13(15)17;1-4-11(15)19-8-7-18-6-5-14-12(16)9(2)10(3)13(14)17/h1,5-8H2,2-4H3;4H,1,5-8H2,2-3H3. The molecule has 2 heterocycles. The summed E-state index contributed by atoms with van der Waals surface area (Å²) < 4.78 is 19.9. The Kier molecular flexibility index (Phi) is 13.7. The van der Waals surface area contributed by atoms with Crippen molar-refractivity contribution in [3.05, 3.63) is 47.1 Å². The van der Waals surface area contributed by atoms with Gasteiger partial charge in [0.05, 0.1) is 39.5 Å².